The van der Waals surface area contributed by atoms with E-state index < -0.39 is 5.79 Å². The molecule has 2 aromatic carbocycles. The van der Waals surface area contributed by atoms with Crippen LogP contribution in [0.5, 0.6) is 17.2 Å². The van der Waals surface area contributed by atoms with Gasteiger partial charge in [-0.1, -0.05) is 24.3 Å². The first-order chi connectivity index (χ1) is 15.4. The van der Waals surface area contributed by atoms with Crippen molar-refractivity contribution >= 4 is 5.91 Å². The molecule has 2 aromatic rings. The molecule has 0 spiro atoms. The Kier molecular flexibility index (Phi) is 4.29. The SMILES string of the molecule is COc1ccc(CN2C(=O)c3cc4c(cc3[C@H]3C=C[C@H]5OC(C)(C)O[C@H]5[C@@H]32)OCO4)cc1. The van der Waals surface area contributed by atoms with Gasteiger partial charge in [0, 0.05) is 18.0 Å². The van der Waals surface area contributed by atoms with Gasteiger partial charge in [0.1, 0.15) is 18.0 Å². The molecule has 1 saturated heterocycles. The summed E-state index contributed by atoms with van der Waals surface area (Å²) in [5.74, 6) is 1.28. The van der Waals surface area contributed by atoms with Crippen LogP contribution in [0.4, 0.5) is 0 Å². The van der Waals surface area contributed by atoms with Gasteiger partial charge in [-0.05, 0) is 49.2 Å². The molecule has 3 aliphatic heterocycles. The summed E-state index contributed by atoms with van der Waals surface area (Å²) in [6.45, 7) is 4.46. The number of carbonyl (C=O) groups excluding carboxylic acids is 1. The van der Waals surface area contributed by atoms with Crippen LogP contribution in [0.3, 0.4) is 0 Å². The zero-order valence-corrected chi connectivity index (χ0v) is 18.2. The first kappa shape index (κ1) is 19.6. The topological polar surface area (TPSA) is 66.5 Å². The summed E-state index contributed by atoms with van der Waals surface area (Å²) in [5.41, 5.74) is 2.61. The molecule has 32 heavy (non-hydrogen) atoms. The maximum Gasteiger partial charge on any atom is 0.254 e. The smallest absolute Gasteiger partial charge is 0.254 e. The van der Waals surface area contributed by atoms with Gasteiger partial charge in [0.05, 0.1) is 13.2 Å². The van der Waals surface area contributed by atoms with E-state index in [9.17, 15) is 4.79 Å². The maximum absolute atomic E-state index is 13.8. The molecule has 1 amide bonds. The van der Waals surface area contributed by atoms with Gasteiger partial charge in [-0.25, -0.2) is 0 Å². The van der Waals surface area contributed by atoms with E-state index in [4.69, 9.17) is 23.7 Å². The second kappa shape index (κ2) is 6.98. The molecule has 7 nitrogen and oxygen atoms in total. The van der Waals surface area contributed by atoms with E-state index in [1.807, 2.05) is 55.1 Å². The number of fused-ring (bicyclic) bond motifs is 6. The highest BCUT2D eigenvalue weighted by Gasteiger charge is 2.54. The fourth-order valence-corrected chi connectivity index (χ4v) is 5.25. The van der Waals surface area contributed by atoms with Crippen LogP contribution in [-0.4, -0.2) is 48.7 Å². The van der Waals surface area contributed by atoms with Crippen molar-refractivity contribution in [3.05, 3.63) is 65.2 Å². The molecule has 0 unspecified atom stereocenters. The van der Waals surface area contributed by atoms with Gasteiger partial charge in [0.2, 0.25) is 6.79 Å². The third-order valence-corrected chi connectivity index (χ3v) is 6.64. The minimum atomic E-state index is -0.710. The quantitative estimate of drug-likeness (QED) is 0.686. The Morgan fingerprint density at radius 3 is 2.56 bits per heavy atom. The van der Waals surface area contributed by atoms with Crippen LogP contribution < -0.4 is 14.2 Å². The number of carbonyl (C=O) groups is 1. The molecule has 3 heterocycles. The van der Waals surface area contributed by atoms with Crippen molar-refractivity contribution in [1.82, 2.24) is 4.90 Å². The number of hydrogen-bond donors (Lipinski definition) is 0. The van der Waals surface area contributed by atoms with Gasteiger partial charge in [-0.2, -0.15) is 0 Å². The van der Waals surface area contributed by atoms with E-state index in [0.29, 0.717) is 23.6 Å². The highest BCUT2D eigenvalue weighted by atomic mass is 16.8. The third kappa shape index (κ3) is 2.99. The highest BCUT2D eigenvalue weighted by molar-refractivity contribution is 5.98. The van der Waals surface area contributed by atoms with Crippen molar-refractivity contribution in [3.8, 4) is 17.2 Å². The normalized spacial score (nSPS) is 28.8. The lowest BCUT2D eigenvalue weighted by molar-refractivity contribution is -0.148. The molecule has 6 rings (SSSR count). The summed E-state index contributed by atoms with van der Waals surface area (Å²) in [5, 5.41) is 0. The molecule has 0 saturated carbocycles. The molecule has 4 aliphatic rings. The van der Waals surface area contributed by atoms with E-state index in [-0.39, 0.29) is 36.9 Å². The van der Waals surface area contributed by atoms with Crippen molar-refractivity contribution in [1.29, 1.82) is 0 Å². The van der Waals surface area contributed by atoms with Crippen LogP contribution in [0.1, 0.15) is 41.3 Å². The summed E-state index contributed by atoms with van der Waals surface area (Å²) >= 11 is 0. The first-order valence-corrected chi connectivity index (χ1v) is 10.8. The van der Waals surface area contributed by atoms with Crippen molar-refractivity contribution in [3.63, 3.8) is 0 Å². The largest absolute Gasteiger partial charge is 0.497 e. The Balaban J connectivity index is 1.45. The molecule has 0 N–H and O–H groups in total. The number of methoxy groups -OCH3 is 1. The summed E-state index contributed by atoms with van der Waals surface area (Å²) in [6, 6.07) is 11.4. The fourth-order valence-electron chi connectivity index (χ4n) is 5.25. The average Bonchev–Trinajstić information content (AvgIpc) is 3.37. The number of hydrogen-bond acceptors (Lipinski definition) is 6. The minimum absolute atomic E-state index is 0.0331. The number of ether oxygens (including phenoxy) is 5. The van der Waals surface area contributed by atoms with Crippen LogP contribution in [-0.2, 0) is 16.0 Å². The number of nitrogens with zero attached hydrogens (tertiary/aromatic N) is 1. The minimum Gasteiger partial charge on any atom is -0.497 e. The molecule has 166 valence electrons. The standard InChI is InChI=1S/C25H25NO6/c1-25(2)31-19-9-8-16-17-10-20-21(30-13-29-20)11-18(17)24(27)26(22(16)23(19)32-25)12-14-4-6-15(28-3)7-5-14/h4-11,16,19,22-23H,12-13H2,1-3H3/t16-,19-,22-,23-/m1/s1. The van der Waals surface area contributed by atoms with E-state index in [1.165, 1.54) is 0 Å². The lowest BCUT2D eigenvalue weighted by atomic mass is 9.75. The molecular formula is C25H25NO6. The molecule has 1 fully saturated rings. The highest BCUT2D eigenvalue weighted by Crippen LogP contribution is 2.48. The van der Waals surface area contributed by atoms with Crippen LogP contribution in [0.25, 0.3) is 0 Å². The van der Waals surface area contributed by atoms with Crippen LogP contribution in [0, 0.1) is 0 Å². The Bertz CT molecular complexity index is 1110. The van der Waals surface area contributed by atoms with E-state index in [2.05, 4.69) is 12.2 Å². The van der Waals surface area contributed by atoms with Crippen LogP contribution in [0.2, 0.25) is 0 Å². The predicted octanol–water partition coefficient (Wildman–Crippen LogP) is 3.62. The fraction of sp³-hybridized carbons (Fsp3) is 0.400. The number of rotatable bonds is 3. The molecular weight excluding hydrogens is 410 g/mol. The third-order valence-electron chi connectivity index (χ3n) is 6.64. The zero-order chi connectivity index (χ0) is 22.0. The summed E-state index contributed by atoms with van der Waals surface area (Å²) < 4.78 is 28.9. The van der Waals surface area contributed by atoms with E-state index in [0.717, 1.165) is 16.9 Å². The van der Waals surface area contributed by atoms with Gasteiger partial charge in [0.25, 0.3) is 5.91 Å². The lowest BCUT2D eigenvalue weighted by Crippen LogP contribution is -2.56. The van der Waals surface area contributed by atoms with Gasteiger partial charge in [-0.3, -0.25) is 4.79 Å². The van der Waals surface area contributed by atoms with Crippen molar-refractivity contribution in [2.24, 2.45) is 0 Å². The first-order valence-electron chi connectivity index (χ1n) is 10.8. The van der Waals surface area contributed by atoms with Crippen molar-refractivity contribution in [2.45, 2.75) is 50.3 Å². The summed E-state index contributed by atoms with van der Waals surface area (Å²) in [7, 11) is 1.64. The van der Waals surface area contributed by atoms with Gasteiger partial charge >= 0.3 is 0 Å². The Labute approximate surface area is 186 Å². The number of amides is 1. The summed E-state index contributed by atoms with van der Waals surface area (Å²) in [4.78, 5) is 15.8. The predicted molar refractivity (Wildman–Crippen MR) is 115 cm³/mol. The second-order valence-corrected chi connectivity index (χ2v) is 9.04. The molecule has 7 heteroatoms. The Hall–Kier alpha value is -3.03. The van der Waals surface area contributed by atoms with Crippen LogP contribution in [0.15, 0.2) is 48.6 Å². The monoisotopic (exact) mass is 435 g/mol. The Morgan fingerprint density at radius 2 is 1.81 bits per heavy atom. The van der Waals surface area contributed by atoms with E-state index >= 15 is 0 Å². The zero-order valence-electron chi connectivity index (χ0n) is 18.2. The average molecular weight is 435 g/mol. The molecule has 4 atom stereocenters. The van der Waals surface area contributed by atoms with Crippen molar-refractivity contribution < 1.29 is 28.5 Å². The molecule has 0 bridgehead atoms. The molecule has 1 aliphatic carbocycles. The van der Waals surface area contributed by atoms with Crippen molar-refractivity contribution in [2.75, 3.05) is 13.9 Å². The molecule has 0 radical (unpaired) electrons. The Morgan fingerprint density at radius 1 is 1.06 bits per heavy atom. The van der Waals surface area contributed by atoms with Gasteiger partial charge < -0.3 is 28.6 Å². The lowest BCUT2D eigenvalue weighted by Gasteiger charge is -2.46. The molecule has 0 aromatic heterocycles. The maximum atomic E-state index is 13.8. The summed E-state index contributed by atoms with van der Waals surface area (Å²) in [6.07, 6.45) is 3.75. The number of benzene rings is 2. The van der Waals surface area contributed by atoms with Crippen LogP contribution >= 0.6 is 0 Å². The second-order valence-electron chi connectivity index (χ2n) is 9.04. The van der Waals surface area contributed by atoms with Gasteiger partial charge in [0.15, 0.2) is 17.3 Å². The van der Waals surface area contributed by atoms with E-state index in [1.54, 1.807) is 7.11 Å². The van der Waals surface area contributed by atoms with Gasteiger partial charge in [-0.15, -0.1) is 0 Å².